The van der Waals surface area contributed by atoms with Crippen molar-refractivity contribution in [2.75, 3.05) is 7.05 Å². The van der Waals surface area contributed by atoms with Gasteiger partial charge in [0, 0.05) is 0 Å². The third kappa shape index (κ3) is 3.13. The number of benzene rings is 1. The lowest BCUT2D eigenvalue weighted by molar-refractivity contribution is 0.333. The Kier molecular flexibility index (Phi) is 3.93. The van der Waals surface area contributed by atoms with Gasteiger partial charge in [0.25, 0.3) is 0 Å². The molecule has 1 N–H and O–H groups in total. The Morgan fingerprint density at radius 3 is 2.67 bits per heavy atom. The molecule has 4 heteroatoms. The lowest BCUT2D eigenvalue weighted by atomic mass is 10.2. The fourth-order valence-electron chi connectivity index (χ4n) is 0.755. The van der Waals surface area contributed by atoms with Gasteiger partial charge >= 0.3 is 0 Å². The van der Waals surface area contributed by atoms with Gasteiger partial charge in [-0.2, -0.15) is 0 Å². The summed E-state index contributed by atoms with van der Waals surface area (Å²) in [5, 5.41) is 0. The Hall–Kier alpha value is -0.710. The van der Waals surface area contributed by atoms with Crippen LogP contribution < -0.4 is 4.72 Å². The van der Waals surface area contributed by atoms with Gasteiger partial charge in [-0.1, -0.05) is 30.3 Å². The molecule has 0 radical (unpaired) electrons. The number of hydrogen-bond acceptors (Lipinski definition) is 2. The van der Waals surface area contributed by atoms with Crippen molar-refractivity contribution in [1.29, 1.82) is 0 Å². The minimum atomic E-state index is -1.38. The quantitative estimate of drug-likeness (QED) is 0.760. The summed E-state index contributed by atoms with van der Waals surface area (Å²) in [5.41, 5.74) is 1.01. The third-order valence-corrected chi connectivity index (χ3v) is 2.01. The number of hydrogen-bond donors (Lipinski definition) is 1. The summed E-state index contributed by atoms with van der Waals surface area (Å²) in [6, 6.07) is 9.61. The van der Waals surface area contributed by atoms with E-state index in [1.54, 1.807) is 7.05 Å². The van der Waals surface area contributed by atoms with Crippen LogP contribution in [0.25, 0.3) is 0 Å². The Morgan fingerprint density at radius 1 is 1.42 bits per heavy atom. The molecule has 0 aliphatic carbocycles. The molecule has 1 aromatic carbocycles. The smallest absolute Gasteiger partial charge is 0.234 e. The van der Waals surface area contributed by atoms with Crippen molar-refractivity contribution in [3.8, 4) is 0 Å². The van der Waals surface area contributed by atoms with Crippen LogP contribution in [0, 0.1) is 0 Å². The van der Waals surface area contributed by atoms with Crippen LogP contribution in [-0.4, -0.2) is 11.3 Å². The summed E-state index contributed by atoms with van der Waals surface area (Å²) >= 11 is -1.38. The van der Waals surface area contributed by atoms with Gasteiger partial charge in [-0.25, -0.2) is 8.93 Å². The summed E-state index contributed by atoms with van der Waals surface area (Å²) in [6.45, 7) is 0.369. The largest absolute Gasteiger partial charge is 0.273 e. The maximum absolute atomic E-state index is 10.8. The zero-order valence-electron chi connectivity index (χ0n) is 6.82. The number of rotatable bonds is 4. The van der Waals surface area contributed by atoms with Gasteiger partial charge in [0.15, 0.2) is 0 Å². The van der Waals surface area contributed by atoms with E-state index in [2.05, 4.69) is 4.72 Å². The molecule has 1 atom stereocenters. The first-order valence-electron chi connectivity index (χ1n) is 3.59. The second kappa shape index (κ2) is 5.03. The molecule has 0 saturated heterocycles. The zero-order valence-corrected chi connectivity index (χ0v) is 7.64. The van der Waals surface area contributed by atoms with E-state index in [0.717, 1.165) is 5.56 Å². The Bertz CT molecular complexity index is 250. The van der Waals surface area contributed by atoms with Crippen molar-refractivity contribution in [1.82, 2.24) is 4.72 Å². The van der Waals surface area contributed by atoms with E-state index in [-0.39, 0.29) is 0 Å². The average molecular weight is 185 g/mol. The highest BCUT2D eigenvalue weighted by Gasteiger charge is 1.95. The lowest BCUT2D eigenvalue weighted by Crippen LogP contribution is -2.13. The molecule has 3 nitrogen and oxygen atoms in total. The molecule has 0 amide bonds. The van der Waals surface area contributed by atoms with E-state index in [1.165, 1.54) is 0 Å². The molecule has 66 valence electrons. The van der Waals surface area contributed by atoms with E-state index in [9.17, 15) is 4.21 Å². The van der Waals surface area contributed by atoms with Crippen LogP contribution in [0.1, 0.15) is 5.56 Å². The first-order chi connectivity index (χ1) is 5.83. The molecule has 0 saturated carbocycles. The third-order valence-electron chi connectivity index (χ3n) is 1.34. The highest BCUT2D eigenvalue weighted by atomic mass is 32.2. The normalized spacial score (nSPS) is 12.8. The van der Waals surface area contributed by atoms with E-state index >= 15 is 0 Å². The van der Waals surface area contributed by atoms with Crippen LogP contribution in [0.4, 0.5) is 0 Å². The van der Waals surface area contributed by atoms with Gasteiger partial charge in [0.1, 0.15) is 0 Å². The summed E-state index contributed by atoms with van der Waals surface area (Å²) in [7, 11) is 1.58. The van der Waals surface area contributed by atoms with Crippen molar-refractivity contribution in [3.63, 3.8) is 0 Å². The highest BCUT2D eigenvalue weighted by Crippen LogP contribution is 2.00. The van der Waals surface area contributed by atoms with Crippen molar-refractivity contribution < 1.29 is 8.39 Å². The number of nitrogens with one attached hydrogen (secondary N) is 1. The van der Waals surface area contributed by atoms with Gasteiger partial charge < -0.3 is 0 Å². The van der Waals surface area contributed by atoms with Crippen LogP contribution in [0.15, 0.2) is 30.3 Å². The maximum atomic E-state index is 10.8. The SMILES string of the molecule is CNS(=O)OCc1ccccc1. The lowest BCUT2D eigenvalue weighted by Gasteiger charge is -2.00. The van der Waals surface area contributed by atoms with Crippen LogP contribution in [0.2, 0.25) is 0 Å². The minimum absolute atomic E-state index is 0.369. The predicted octanol–water partition coefficient (Wildman–Crippen LogP) is 1.00. The summed E-state index contributed by atoms with van der Waals surface area (Å²) in [4.78, 5) is 0. The van der Waals surface area contributed by atoms with Crippen LogP contribution in [-0.2, 0) is 22.1 Å². The molecule has 0 aliphatic heterocycles. The molecule has 1 rings (SSSR count). The van der Waals surface area contributed by atoms with E-state index in [4.69, 9.17) is 4.18 Å². The molecule has 0 heterocycles. The van der Waals surface area contributed by atoms with Crippen LogP contribution in [0.3, 0.4) is 0 Å². The first kappa shape index (κ1) is 9.38. The van der Waals surface area contributed by atoms with Crippen molar-refractivity contribution in [2.45, 2.75) is 6.61 Å². The highest BCUT2D eigenvalue weighted by molar-refractivity contribution is 7.78. The van der Waals surface area contributed by atoms with Crippen molar-refractivity contribution in [2.24, 2.45) is 0 Å². The molecule has 1 aromatic rings. The summed E-state index contributed by atoms with van der Waals surface area (Å²) in [6.07, 6.45) is 0. The van der Waals surface area contributed by atoms with E-state index in [0.29, 0.717) is 6.61 Å². The van der Waals surface area contributed by atoms with E-state index in [1.807, 2.05) is 30.3 Å². The van der Waals surface area contributed by atoms with Crippen molar-refractivity contribution in [3.05, 3.63) is 35.9 Å². The standard InChI is InChI=1S/C8H11NO2S/c1-9-12(10)11-7-8-5-3-2-4-6-8/h2-6,9H,7H2,1H3. The fourth-order valence-corrected chi connectivity index (χ4v) is 1.12. The van der Waals surface area contributed by atoms with E-state index < -0.39 is 11.3 Å². The molecule has 0 aliphatic rings. The summed E-state index contributed by atoms with van der Waals surface area (Å²) < 4.78 is 18.2. The fraction of sp³-hybridized carbons (Fsp3) is 0.250. The molecule has 0 fully saturated rings. The van der Waals surface area contributed by atoms with Gasteiger partial charge in [0.2, 0.25) is 11.3 Å². The summed E-state index contributed by atoms with van der Waals surface area (Å²) in [5.74, 6) is 0. The topological polar surface area (TPSA) is 38.3 Å². The van der Waals surface area contributed by atoms with Gasteiger partial charge in [-0.15, -0.1) is 0 Å². The molecule has 0 aromatic heterocycles. The Balaban J connectivity index is 2.38. The molecule has 0 spiro atoms. The van der Waals surface area contributed by atoms with Crippen molar-refractivity contribution >= 4 is 11.3 Å². The molecule has 12 heavy (non-hydrogen) atoms. The van der Waals surface area contributed by atoms with Crippen LogP contribution in [0.5, 0.6) is 0 Å². The second-order valence-electron chi connectivity index (χ2n) is 2.19. The Labute approximate surface area is 74.5 Å². The minimum Gasteiger partial charge on any atom is -0.273 e. The Morgan fingerprint density at radius 2 is 2.08 bits per heavy atom. The van der Waals surface area contributed by atoms with Gasteiger partial charge in [-0.3, -0.25) is 4.18 Å². The predicted molar refractivity (Wildman–Crippen MR) is 48.4 cm³/mol. The van der Waals surface area contributed by atoms with Gasteiger partial charge in [0.05, 0.1) is 6.61 Å². The maximum Gasteiger partial charge on any atom is 0.234 e. The molecule has 0 bridgehead atoms. The molecular weight excluding hydrogens is 174 g/mol. The van der Waals surface area contributed by atoms with Crippen LogP contribution >= 0.6 is 0 Å². The van der Waals surface area contributed by atoms with Gasteiger partial charge in [-0.05, 0) is 12.6 Å². The monoisotopic (exact) mass is 185 g/mol. The molecular formula is C8H11NO2S. The second-order valence-corrected chi connectivity index (χ2v) is 3.30. The average Bonchev–Trinajstić information content (AvgIpc) is 2.16. The molecule has 1 unspecified atom stereocenters. The first-order valence-corrected chi connectivity index (χ1v) is 4.67. The zero-order chi connectivity index (χ0) is 8.81.